The maximum Gasteiger partial charge on any atom is 0.328 e. The van der Waals surface area contributed by atoms with Gasteiger partial charge in [-0.2, -0.15) is 0 Å². The van der Waals surface area contributed by atoms with E-state index in [4.69, 9.17) is 0 Å². The first-order chi connectivity index (χ1) is 13.1. The molecule has 0 aliphatic carbocycles. The van der Waals surface area contributed by atoms with Gasteiger partial charge in [0.25, 0.3) is 5.56 Å². The average Bonchev–Trinajstić information content (AvgIpc) is 2.67. The van der Waals surface area contributed by atoms with Gasteiger partial charge in [-0.3, -0.25) is 19.5 Å². The molecule has 7 heteroatoms. The summed E-state index contributed by atoms with van der Waals surface area (Å²) in [6.07, 6.45) is 5.40. The Morgan fingerprint density at radius 2 is 1.78 bits per heavy atom. The molecule has 0 atom stereocenters. The molecule has 1 saturated heterocycles. The topological polar surface area (TPSA) is 87.2 Å². The second-order valence-electron chi connectivity index (χ2n) is 6.94. The molecule has 0 radical (unpaired) electrons. The smallest absolute Gasteiger partial charge is 0.328 e. The molecule has 0 unspecified atom stereocenters. The fraction of sp³-hybridized carbons (Fsp3) is 0.450. The van der Waals surface area contributed by atoms with Gasteiger partial charge in [-0.25, -0.2) is 4.79 Å². The van der Waals surface area contributed by atoms with E-state index in [9.17, 15) is 14.4 Å². The van der Waals surface area contributed by atoms with E-state index in [0.29, 0.717) is 6.54 Å². The number of carbonyl (C=O) groups excluding carboxylic acids is 1. The molecule has 2 N–H and O–H groups in total. The minimum absolute atomic E-state index is 0.124. The highest BCUT2D eigenvalue weighted by atomic mass is 16.2. The van der Waals surface area contributed by atoms with Crippen LogP contribution in [0.2, 0.25) is 0 Å². The standard InChI is InChI=1S/C20H26N4O3/c25-18(8-12-24-13-9-19(26)22-20(24)27)21-14-16-6-2-3-7-17(16)15-23-10-4-1-5-11-23/h2-3,6-7,9,13H,1,4-5,8,10-12,14-15H2,(H,21,25)(H,22,26,27). The summed E-state index contributed by atoms with van der Waals surface area (Å²) >= 11 is 0. The number of nitrogens with one attached hydrogen (secondary N) is 2. The van der Waals surface area contributed by atoms with Crippen molar-refractivity contribution in [2.75, 3.05) is 13.1 Å². The molecule has 1 amide bonds. The minimum Gasteiger partial charge on any atom is -0.352 e. The Bertz CT molecular complexity index is 881. The van der Waals surface area contributed by atoms with Crippen LogP contribution in [0.4, 0.5) is 0 Å². The Morgan fingerprint density at radius 3 is 2.52 bits per heavy atom. The van der Waals surface area contributed by atoms with Crippen molar-refractivity contribution < 1.29 is 4.79 Å². The fourth-order valence-electron chi connectivity index (χ4n) is 3.37. The number of amides is 1. The predicted molar refractivity (Wildman–Crippen MR) is 103 cm³/mol. The van der Waals surface area contributed by atoms with E-state index in [0.717, 1.165) is 25.2 Å². The molecule has 1 aliphatic rings. The van der Waals surface area contributed by atoms with E-state index in [1.165, 1.54) is 41.7 Å². The lowest BCUT2D eigenvalue weighted by Gasteiger charge is -2.27. The van der Waals surface area contributed by atoms with Crippen molar-refractivity contribution in [3.05, 3.63) is 68.5 Å². The lowest BCUT2D eigenvalue weighted by atomic mass is 10.0. The largest absolute Gasteiger partial charge is 0.352 e. The molecule has 2 aromatic rings. The van der Waals surface area contributed by atoms with Crippen LogP contribution in [0.3, 0.4) is 0 Å². The molecule has 2 heterocycles. The van der Waals surface area contributed by atoms with E-state index in [-0.39, 0.29) is 18.9 Å². The summed E-state index contributed by atoms with van der Waals surface area (Å²) in [4.78, 5) is 39.5. The third kappa shape index (κ3) is 5.65. The van der Waals surface area contributed by atoms with Crippen LogP contribution in [-0.4, -0.2) is 33.4 Å². The number of piperidine rings is 1. The Hall–Kier alpha value is -2.67. The molecule has 144 valence electrons. The molecular weight excluding hydrogens is 344 g/mol. The lowest BCUT2D eigenvalue weighted by Crippen LogP contribution is -2.31. The van der Waals surface area contributed by atoms with Gasteiger partial charge in [-0.1, -0.05) is 30.7 Å². The van der Waals surface area contributed by atoms with Crippen molar-refractivity contribution in [2.24, 2.45) is 0 Å². The summed E-state index contributed by atoms with van der Waals surface area (Å²) < 4.78 is 1.32. The molecule has 1 fully saturated rings. The SMILES string of the molecule is O=C(CCn1ccc(=O)[nH]c1=O)NCc1ccccc1CN1CCCCC1. The van der Waals surface area contributed by atoms with Gasteiger partial charge in [0.1, 0.15) is 0 Å². The van der Waals surface area contributed by atoms with Crippen LogP contribution in [0.25, 0.3) is 0 Å². The van der Waals surface area contributed by atoms with Crippen LogP contribution in [-0.2, 0) is 24.4 Å². The summed E-state index contributed by atoms with van der Waals surface area (Å²) in [7, 11) is 0. The van der Waals surface area contributed by atoms with Gasteiger partial charge in [0.05, 0.1) is 0 Å². The molecule has 3 rings (SSSR count). The van der Waals surface area contributed by atoms with E-state index in [1.807, 2.05) is 18.2 Å². The number of hydrogen-bond donors (Lipinski definition) is 2. The highest BCUT2D eigenvalue weighted by Crippen LogP contribution is 2.16. The number of benzene rings is 1. The summed E-state index contributed by atoms with van der Waals surface area (Å²) in [6, 6.07) is 9.46. The molecular formula is C20H26N4O3. The minimum atomic E-state index is -0.498. The first kappa shape index (κ1) is 19.1. The summed E-state index contributed by atoms with van der Waals surface area (Å²) in [5.41, 5.74) is 1.43. The van der Waals surface area contributed by atoms with Gasteiger partial charge in [-0.15, -0.1) is 0 Å². The number of hydrogen-bond acceptors (Lipinski definition) is 4. The van der Waals surface area contributed by atoms with Crippen molar-refractivity contribution in [3.63, 3.8) is 0 Å². The fourth-order valence-corrected chi connectivity index (χ4v) is 3.37. The van der Waals surface area contributed by atoms with E-state index in [1.54, 1.807) is 0 Å². The van der Waals surface area contributed by atoms with Crippen LogP contribution < -0.4 is 16.6 Å². The number of aromatic amines is 1. The molecule has 7 nitrogen and oxygen atoms in total. The molecule has 0 spiro atoms. The van der Waals surface area contributed by atoms with E-state index < -0.39 is 11.2 Å². The zero-order valence-electron chi connectivity index (χ0n) is 15.4. The first-order valence-corrected chi connectivity index (χ1v) is 9.47. The Kier molecular flexibility index (Phi) is 6.59. The normalized spacial score (nSPS) is 14.8. The number of likely N-dealkylation sites (tertiary alicyclic amines) is 1. The summed E-state index contributed by atoms with van der Waals surface area (Å²) in [5, 5.41) is 2.93. The van der Waals surface area contributed by atoms with Crippen LogP contribution in [0.5, 0.6) is 0 Å². The second kappa shape index (κ2) is 9.32. The van der Waals surface area contributed by atoms with Crippen molar-refractivity contribution >= 4 is 5.91 Å². The molecule has 1 aromatic carbocycles. The zero-order chi connectivity index (χ0) is 19.1. The maximum atomic E-state index is 12.2. The van der Waals surface area contributed by atoms with Crippen LogP contribution in [0.1, 0.15) is 36.8 Å². The van der Waals surface area contributed by atoms with Gasteiger partial charge in [0.2, 0.25) is 5.91 Å². The van der Waals surface area contributed by atoms with Crippen molar-refractivity contribution in [1.29, 1.82) is 0 Å². The van der Waals surface area contributed by atoms with Gasteiger partial charge in [0.15, 0.2) is 0 Å². The molecule has 1 aromatic heterocycles. The Balaban J connectivity index is 1.52. The van der Waals surface area contributed by atoms with Crippen LogP contribution >= 0.6 is 0 Å². The predicted octanol–water partition coefficient (Wildman–Crippen LogP) is 1.23. The molecule has 0 saturated carbocycles. The zero-order valence-corrected chi connectivity index (χ0v) is 15.4. The van der Waals surface area contributed by atoms with Crippen molar-refractivity contribution in [2.45, 2.75) is 45.3 Å². The van der Waals surface area contributed by atoms with Crippen LogP contribution in [0.15, 0.2) is 46.1 Å². The number of carbonyl (C=O) groups is 1. The highest BCUT2D eigenvalue weighted by Gasteiger charge is 2.13. The average molecular weight is 370 g/mol. The van der Waals surface area contributed by atoms with Gasteiger partial charge >= 0.3 is 5.69 Å². The highest BCUT2D eigenvalue weighted by molar-refractivity contribution is 5.75. The van der Waals surface area contributed by atoms with Gasteiger partial charge < -0.3 is 9.88 Å². The third-order valence-corrected chi connectivity index (χ3v) is 4.91. The molecule has 1 aliphatic heterocycles. The molecule has 27 heavy (non-hydrogen) atoms. The summed E-state index contributed by atoms with van der Waals surface area (Å²) in [6.45, 7) is 3.89. The Labute approximate surface area is 158 Å². The number of aryl methyl sites for hydroxylation is 1. The third-order valence-electron chi connectivity index (χ3n) is 4.91. The number of H-pyrrole nitrogens is 1. The second-order valence-corrected chi connectivity index (χ2v) is 6.94. The monoisotopic (exact) mass is 370 g/mol. The van der Waals surface area contributed by atoms with Gasteiger partial charge in [-0.05, 0) is 37.1 Å². The lowest BCUT2D eigenvalue weighted by molar-refractivity contribution is -0.121. The molecule has 0 bridgehead atoms. The number of rotatable bonds is 7. The maximum absolute atomic E-state index is 12.2. The van der Waals surface area contributed by atoms with Gasteiger partial charge in [0, 0.05) is 38.3 Å². The first-order valence-electron chi connectivity index (χ1n) is 9.47. The Morgan fingerprint density at radius 1 is 1.04 bits per heavy atom. The van der Waals surface area contributed by atoms with Crippen molar-refractivity contribution in [3.8, 4) is 0 Å². The van der Waals surface area contributed by atoms with E-state index >= 15 is 0 Å². The summed E-state index contributed by atoms with van der Waals surface area (Å²) in [5.74, 6) is -0.124. The van der Waals surface area contributed by atoms with Crippen LogP contribution in [0, 0.1) is 0 Å². The quantitative estimate of drug-likeness (QED) is 0.767. The van der Waals surface area contributed by atoms with Crippen molar-refractivity contribution in [1.82, 2.24) is 19.8 Å². The number of aromatic nitrogens is 2. The van der Waals surface area contributed by atoms with E-state index in [2.05, 4.69) is 21.3 Å². The number of nitrogens with zero attached hydrogens (tertiary/aromatic N) is 2.